The number of rotatable bonds is 3. The lowest BCUT2D eigenvalue weighted by atomic mass is 9.94. The highest BCUT2D eigenvalue weighted by molar-refractivity contribution is 6.31. The van der Waals surface area contributed by atoms with Gasteiger partial charge >= 0.3 is 0 Å². The van der Waals surface area contributed by atoms with Gasteiger partial charge in [-0.2, -0.15) is 5.26 Å². The van der Waals surface area contributed by atoms with Gasteiger partial charge in [-0.25, -0.2) is 0 Å². The number of likely N-dealkylation sites (tertiary alicyclic amines) is 1. The van der Waals surface area contributed by atoms with E-state index in [4.69, 9.17) is 16.9 Å². The number of benzene rings is 1. The third kappa shape index (κ3) is 3.13. The molecule has 1 heterocycles. The molecule has 0 aromatic heterocycles. The Morgan fingerprint density at radius 1 is 1.23 bits per heavy atom. The van der Waals surface area contributed by atoms with Gasteiger partial charge in [0, 0.05) is 23.5 Å². The summed E-state index contributed by atoms with van der Waals surface area (Å²) in [5.74, 6) is 0.347. The standard InChI is InChI=1S/C18H21ClN2O/c19-17-10-13(12-20)6-7-14(17)11-15-8-9-21(18(15)22)16-4-2-1-3-5-16/h6-7,10,15-16H,1-5,8-9,11H2. The topological polar surface area (TPSA) is 44.1 Å². The first-order valence-electron chi connectivity index (χ1n) is 8.18. The second-order valence-electron chi connectivity index (χ2n) is 6.43. The van der Waals surface area contributed by atoms with Crippen LogP contribution in [0.15, 0.2) is 18.2 Å². The summed E-state index contributed by atoms with van der Waals surface area (Å²) >= 11 is 6.24. The summed E-state index contributed by atoms with van der Waals surface area (Å²) in [6, 6.07) is 7.90. The minimum absolute atomic E-state index is 0.0485. The zero-order valence-corrected chi connectivity index (χ0v) is 13.5. The zero-order valence-electron chi connectivity index (χ0n) is 12.7. The summed E-state index contributed by atoms with van der Waals surface area (Å²) in [6.07, 6.45) is 7.74. The second kappa shape index (κ2) is 6.71. The molecule has 0 N–H and O–H groups in total. The maximum Gasteiger partial charge on any atom is 0.226 e. The molecule has 1 saturated carbocycles. The van der Waals surface area contributed by atoms with Gasteiger partial charge in [0.1, 0.15) is 0 Å². The fourth-order valence-corrected chi connectivity index (χ4v) is 4.01. The van der Waals surface area contributed by atoms with Gasteiger partial charge in [0.05, 0.1) is 11.6 Å². The molecule has 1 aliphatic carbocycles. The molecule has 1 saturated heterocycles. The molecular weight excluding hydrogens is 296 g/mol. The van der Waals surface area contributed by atoms with Gasteiger partial charge in [-0.05, 0) is 43.4 Å². The highest BCUT2D eigenvalue weighted by atomic mass is 35.5. The number of carbonyl (C=O) groups is 1. The lowest BCUT2D eigenvalue weighted by Gasteiger charge is -2.31. The summed E-state index contributed by atoms with van der Waals surface area (Å²) in [5.41, 5.74) is 1.54. The van der Waals surface area contributed by atoms with Crippen LogP contribution in [-0.4, -0.2) is 23.4 Å². The molecule has 0 spiro atoms. The lowest BCUT2D eigenvalue weighted by molar-refractivity contribution is -0.133. The van der Waals surface area contributed by atoms with E-state index in [1.165, 1.54) is 19.3 Å². The van der Waals surface area contributed by atoms with Gasteiger partial charge in [-0.1, -0.05) is 36.9 Å². The smallest absolute Gasteiger partial charge is 0.226 e. The fraction of sp³-hybridized carbons (Fsp3) is 0.556. The van der Waals surface area contributed by atoms with Crippen LogP contribution in [0.2, 0.25) is 5.02 Å². The first kappa shape index (κ1) is 15.4. The van der Waals surface area contributed by atoms with Gasteiger partial charge in [0.2, 0.25) is 5.91 Å². The van der Waals surface area contributed by atoms with E-state index in [9.17, 15) is 4.79 Å². The average molecular weight is 317 g/mol. The van der Waals surface area contributed by atoms with Gasteiger partial charge < -0.3 is 4.90 Å². The fourth-order valence-electron chi connectivity index (χ4n) is 3.76. The van der Waals surface area contributed by atoms with E-state index in [1.807, 2.05) is 6.07 Å². The van der Waals surface area contributed by atoms with Crippen LogP contribution in [0, 0.1) is 17.2 Å². The van der Waals surface area contributed by atoms with Crippen LogP contribution < -0.4 is 0 Å². The summed E-state index contributed by atoms with van der Waals surface area (Å²) in [4.78, 5) is 14.8. The molecule has 22 heavy (non-hydrogen) atoms. The Morgan fingerprint density at radius 3 is 2.68 bits per heavy atom. The highest BCUT2D eigenvalue weighted by Crippen LogP contribution is 2.31. The van der Waals surface area contributed by atoms with Crippen molar-refractivity contribution in [3.63, 3.8) is 0 Å². The average Bonchev–Trinajstić information content (AvgIpc) is 2.91. The lowest BCUT2D eigenvalue weighted by Crippen LogP contribution is -2.39. The van der Waals surface area contributed by atoms with Crippen LogP contribution in [0.3, 0.4) is 0 Å². The van der Waals surface area contributed by atoms with Crippen LogP contribution in [0.4, 0.5) is 0 Å². The Kier molecular flexibility index (Phi) is 4.69. The van der Waals surface area contributed by atoms with E-state index in [-0.39, 0.29) is 5.92 Å². The molecule has 1 aromatic rings. The molecule has 1 amide bonds. The molecule has 1 atom stereocenters. The van der Waals surface area contributed by atoms with Crippen LogP contribution in [-0.2, 0) is 11.2 Å². The molecule has 4 heteroatoms. The normalized spacial score (nSPS) is 22.8. The largest absolute Gasteiger partial charge is 0.339 e. The third-order valence-corrected chi connectivity index (χ3v) is 5.37. The minimum Gasteiger partial charge on any atom is -0.339 e. The number of hydrogen-bond acceptors (Lipinski definition) is 2. The number of halogens is 1. The molecule has 1 unspecified atom stereocenters. The molecule has 3 rings (SSSR count). The Hall–Kier alpha value is -1.53. The van der Waals surface area contributed by atoms with Crippen molar-refractivity contribution in [3.8, 4) is 6.07 Å². The van der Waals surface area contributed by atoms with Crippen LogP contribution in [0.25, 0.3) is 0 Å². The van der Waals surface area contributed by atoms with Crippen LogP contribution in [0.1, 0.15) is 49.7 Å². The van der Waals surface area contributed by atoms with Crippen molar-refractivity contribution < 1.29 is 4.79 Å². The van der Waals surface area contributed by atoms with Crippen molar-refractivity contribution in [1.29, 1.82) is 5.26 Å². The van der Waals surface area contributed by atoms with Crippen LogP contribution >= 0.6 is 11.6 Å². The summed E-state index contributed by atoms with van der Waals surface area (Å²) < 4.78 is 0. The molecule has 2 fully saturated rings. The summed E-state index contributed by atoms with van der Waals surface area (Å²) in [7, 11) is 0. The Balaban J connectivity index is 1.67. The van der Waals surface area contributed by atoms with E-state index >= 15 is 0 Å². The van der Waals surface area contributed by atoms with E-state index in [2.05, 4.69) is 11.0 Å². The van der Waals surface area contributed by atoms with Gasteiger partial charge in [-0.3, -0.25) is 4.79 Å². The Morgan fingerprint density at radius 2 is 2.00 bits per heavy atom. The van der Waals surface area contributed by atoms with E-state index in [0.29, 0.717) is 29.0 Å². The van der Waals surface area contributed by atoms with Crippen molar-refractivity contribution >= 4 is 17.5 Å². The second-order valence-corrected chi connectivity index (χ2v) is 6.84. The molecule has 0 bridgehead atoms. The quantitative estimate of drug-likeness (QED) is 0.848. The molecule has 3 nitrogen and oxygen atoms in total. The third-order valence-electron chi connectivity index (χ3n) is 5.01. The van der Waals surface area contributed by atoms with Crippen molar-refractivity contribution in [2.24, 2.45) is 5.92 Å². The van der Waals surface area contributed by atoms with Crippen molar-refractivity contribution in [1.82, 2.24) is 4.90 Å². The zero-order chi connectivity index (χ0) is 15.5. The van der Waals surface area contributed by atoms with E-state index in [0.717, 1.165) is 31.4 Å². The van der Waals surface area contributed by atoms with Crippen molar-refractivity contribution in [3.05, 3.63) is 34.3 Å². The summed E-state index contributed by atoms with van der Waals surface area (Å²) in [6.45, 7) is 0.891. The first-order chi connectivity index (χ1) is 10.7. The highest BCUT2D eigenvalue weighted by Gasteiger charge is 2.36. The molecule has 2 aliphatic rings. The number of nitrogens with zero attached hydrogens (tertiary/aromatic N) is 2. The predicted octanol–water partition coefficient (Wildman–Crippen LogP) is 3.94. The summed E-state index contributed by atoms with van der Waals surface area (Å²) in [5, 5.41) is 9.49. The SMILES string of the molecule is N#Cc1ccc(CC2CCN(C3CCCCC3)C2=O)c(Cl)c1. The van der Waals surface area contributed by atoms with Gasteiger partial charge in [0.15, 0.2) is 0 Å². The first-order valence-corrected chi connectivity index (χ1v) is 8.56. The maximum atomic E-state index is 12.7. The predicted molar refractivity (Wildman–Crippen MR) is 86.6 cm³/mol. The maximum absolute atomic E-state index is 12.7. The number of nitriles is 1. The van der Waals surface area contributed by atoms with Crippen molar-refractivity contribution in [2.75, 3.05) is 6.54 Å². The minimum atomic E-state index is 0.0485. The monoisotopic (exact) mass is 316 g/mol. The van der Waals surface area contributed by atoms with Crippen LogP contribution in [0.5, 0.6) is 0 Å². The molecule has 1 aliphatic heterocycles. The number of carbonyl (C=O) groups excluding carboxylic acids is 1. The van der Waals surface area contributed by atoms with Gasteiger partial charge in [-0.15, -0.1) is 0 Å². The molecular formula is C18H21ClN2O. The Labute approximate surface area is 136 Å². The molecule has 1 aromatic carbocycles. The van der Waals surface area contributed by atoms with E-state index in [1.54, 1.807) is 12.1 Å². The number of amides is 1. The molecule has 0 radical (unpaired) electrons. The number of hydrogen-bond donors (Lipinski definition) is 0. The Bertz CT molecular complexity index is 602. The van der Waals surface area contributed by atoms with Gasteiger partial charge in [0.25, 0.3) is 0 Å². The van der Waals surface area contributed by atoms with Crippen molar-refractivity contribution in [2.45, 2.75) is 51.0 Å². The molecule has 116 valence electrons. The van der Waals surface area contributed by atoms with E-state index < -0.39 is 0 Å².